The first-order chi connectivity index (χ1) is 8.40. The van der Waals surface area contributed by atoms with Gasteiger partial charge in [0.1, 0.15) is 23.0 Å². The summed E-state index contributed by atoms with van der Waals surface area (Å²) in [5.41, 5.74) is 0. The molecule has 0 saturated heterocycles. The van der Waals surface area contributed by atoms with Crippen LogP contribution in [0.4, 0.5) is 0 Å². The summed E-state index contributed by atoms with van der Waals surface area (Å²) in [5, 5.41) is 0. The van der Waals surface area contributed by atoms with E-state index in [1.54, 1.807) is 12.5 Å². The summed E-state index contributed by atoms with van der Waals surface area (Å²) in [6.07, 6.45) is 4.71. The molecule has 3 rings (SSSR count). The fourth-order valence-electron chi connectivity index (χ4n) is 1.78. The van der Waals surface area contributed by atoms with Crippen LogP contribution in [0.25, 0.3) is 0 Å². The van der Waals surface area contributed by atoms with Crippen LogP contribution in [0.2, 0.25) is 0 Å². The van der Waals surface area contributed by atoms with Gasteiger partial charge in [-0.15, -0.1) is 0 Å². The fraction of sp³-hybridized carbons (Fsp3) is 0.143. The minimum absolute atomic E-state index is 0.686. The van der Waals surface area contributed by atoms with Gasteiger partial charge in [-0.3, -0.25) is 0 Å². The molecule has 3 aromatic rings. The molecule has 0 aliphatic heterocycles. The molecule has 3 heterocycles. The smallest absolute Gasteiger partial charge is 0.111 e. The first kappa shape index (κ1) is 10.0. The average Bonchev–Trinajstić information content (AvgIpc) is 3.02. The predicted molar refractivity (Wildman–Crippen MR) is 61.7 cm³/mol. The Balaban J connectivity index is 1.70. The Kier molecular flexibility index (Phi) is 2.58. The molecule has 0 saturated carbocycles. The van der Waals surface area contributed by atoms with E-state index in [0.29, 0.717) is 12.8 Å². The molecule has 3 nitrogen and oxygen atoms in total. The fourth-order valence-corrected chi connectivity index (χ4v) is 1.78. The zero-order chi connectivity index (χ0) is 11.5. The van der Waals surface area contributed by atoms with Gasteiger partial charge in [0.15, 0.2) is 0 Å². The molecular weight excluding hydrogens is 216 g/mol. The van der Waals surface area contributed by atoms with Gasteiger partial charge in [-0.05, 0) is 36.4 Å². The van der Waals surface area contributed by atoms with Crippen LogP contribution in [0.3, 0.4) is 0 Å². The lowest BCUT2D eigenvalue weighted by Gasteiger charge is -1.94. The van der Waals surface area contributed by atoms with Crippen molar-refractivity contribution in [2.24, 2.45) is 0 Å². The summed E-state index contributed by atoms with van der Waals surface area (Å²) in [6, 6.07) is 11.6. The monoisotopic (exact) mass is 228 g/mol. The lowest BCUT2D eigenvalue weighted by molar-refractivity contribution is 0.439. The topological polar surface area (TPSA) is 39.4 Å². The quantitative estimate of drug-likeness (QED) is 0.684. The molecule has 0 N–H and O–H groups in total. The van der Waals surface area contributed by atoms with E-state index in [2.05, 4.69) is 0 Å². The summed E-state index contributed by atoms with van der Waals surface area (Å²) in [6.45, 7) is 0. The molecule has 0 atom stereocenters. The largest absolute Gasteiger partial charge is 0.469 e. The molecule has 0 amide bonds. The molecule has 0 aromatic carbocycles. The maximum absolute atomic E-state index is 5.71. The highest BCUT2D eigenvalue weighted by molar-refractivity contribution is 5.17. The van der Waals surface area contributed by atoms with Crippen molar-refractivity contribution in [3.63, 3.8) is 0 Å². The van der Waals surface area contributed by atoms with Gasteiger partial charge in [0.25, 0.3) is 0 Å². The third kappa shape index (κ3) is 2.33. The van der Waals surface area contributed by atoms with E-state index >= 15 is 0 Å². The highest BCUT2D eigenvalue weighted by Crippen LogP contribution is 2.16. The van der Waals surface area contributed by atoms with E-state index in [9.17, 15) is 0 Å². The standard InChI is InChI=1S/C14H12O3/c1-3-11(15-7-1)9-13-5-6-14(17-13)10-12-4-2-8-16-12/h1-8H,9-10H2. The minimum atomic E-state index is 0.686. The van der Waals surface area contributed by atoms with Crippen molar-refractivity contribution < 1.29 is 13.3 Å². The Labute approximate surface area is 98.7 Å². The van der Waals surface area contributed by atoms with Crippen LogP contribution in [0.15, 0.2) is 62.2 Å². The Morgan fingerprint density at radius 1 is 0.647 bits per heavy atom. The summed E-state index contributed by atoms with van der Waals surface area (Å²) in [5.74, 6) is 3.62. The molecule has 3 heteroatoms. The van der Waals surface area contributed by atoms with Crippen molar-refractivity contribution in [3.05, 3.63) is 72.0 Å². The average molecular weight is 228 g/mol. The van der Waals surface area contributed by atoms with Crippen LogP contribution < -0.4 is 0 Å². The number of hydrogen-bond donors (Lipinski definition) is 0. The van der Waals surface area contributed by atoms with Crippen LogP contribution in [0, 0.1) is 0 Å². The SMILES string of the molecule is c1coc(Cc2ccc(Cc3ccco3)o2)c1. The Morgan fingerprint density at radius 2 is 1.18 bits per heavy atom. The molecule has 86 valence electrons. The van der Waals surface area contributed by atoms with Gasteiger partial charge in [0, 0.05) is 0 Å². The lowest BCUT2D eigenvalue weighted by Crippen LogP contribution is -1.83. The molecule has 3 aromatic heterocycles. The Morgan fingerprint density at radius 3 is 1.59 bits per heavy atom. The van der Waals surface area contributed by atoms with Gasteiger partial charge in [-0.2, -0.15) is 0 Å². The summed E-state index contributed by atoms with van der Waals surface area (Å²) in [4.78, 5) is 0. The molecule has 17 heavy (non-hydrogen) atoms. The van der Waals surface area contributed by atoms with Crippen LogP contribution >= 0.6 is 0 Å². The van der Waals surface area contributed by atoms with Crippen LogP contribution in [-0.4, -0.2) is 0 Å². The second kappa shape index (κ2) is 4.37. The maximum Gasteiger partial charge on any atom is 0.111 e. The van der Waals surface area contributed by atoms with E-state index < -0.39 is 0 Å². The molecule has 0 fully saturated rings. The Hall–Kier alpha value is -2.16. The third-order valence-corrected chi connectivity index (χ3v) is 2.57. The number of furan rings is 3. The van der Waals surface area contributed by atoms with Gasteiger partial charge in [0.05, 0.1) is 25.4 Å². The van der Waals surface area contributed by atoms with Gasteiger partial charge in [-0.25, -0.2) is 0 Å². The van der Waals surface area contributed by atoms with E-state index in [4.69, 9.17) is 13.3 Å². The first-order valence-corrected chi connectivity index (χ1v) is 5.52. The number of rotatable bonds is 4. The molecular formula is C14H12O3. The minimum Gasteiger partial charge on any atom is -0.469 e. The zero-order valence-corrected chi connectivity index (χ0v) is 9.26. The van der Waals surface area contributed by atoms with Gasteiger partial charge < -0.3 is 13.3 Å². The maximum atomic E-state index is 5.71. The van der Waals surface area contributed by atoms with E-state index in [1.165, 1.54) is 0 Å². The summed E-state index contributed by atoms with van der Waals surface area (Å²) < 4.78 is 16.3. The van der Waals surface area contributed by atoms with Crippen molar-refractivity contribution in [1.29, 1.82) is 0 Å². The van der Waals surface area contributed by atoms with Crippen LogP contribution in [0.1, 0.15) is 23.0 Å². The molecule has 0 bridgehead atoms. The van der Waals surface area contributed by atoms with Crippen molar-refractivity contribution in [3.8, 4) is 0 Å². The van der Waals surface area contributed by atoms with Crippen molar-refractivity contribution >= 4 is 0 Å². The number of hydrogen-bond acceptors (Lipinski definition) is 3. The highest BCUT2D eigenvalue weighted by atomic mass is 16.4. The van der Waals surface area contributed by atoms with Crippen LogP contribution in [-0.2, 0) is 12.8 Å². The van der Waals surface area contributed by atoms with Gasteiger partial charge in [-0.1, -0.05) is 0 Å². The highest BCUT2D eigenvalue weighted by Gasteiger charge is 2.06. The Bertz CT molecular complexity index is 508. The van der Waals surface area contributed by atoms with E-state index in [-0.39, 0.29) is 0 Å². The molecule has 0 radical (unpaired) electrons. The molecule has 0 unspecified atom stereocenters. The van der Waals surface area contributed by atoms with Crippen molar-refractivity contribution in [1.82, 2.24) is 0 Å². The van der Waals surface area contributed by atoms with E-state index in [1.807, 2.05) is 36.4 Å². The lowest BCUT2D eigenvalue weighted by atomic mass is 10.2. The zero-order valence-electron chi connectivity index (χ0n) is 9.26. The summed E-state index contributed by atoms with van der Waals surface area (Å²) >= 11 is 0. The van der Waals surface area contributed by atoms with Crippen molar-refractivity contribution in [2.45, 2.75) is 12.8 Å². The third-order valence-electron chi connectivity index (χ3n) is 2.57. The molecule has 0 spiro atoms. The molecule has 0 aliphatic rings. The van der Waals surface area contributed by atoms with Gasteiger partial charge >= 0.3 is 0 Å². The summed E-state index contributed by atoms with van der Waals surface area (Å²) in [7, 11) is 0. The van der Waals surface area contributed by atoms with Gasteiger partial charge in [0.2, 0.25) is 0 Å². The second-order valence-electron chi connectivity index (χ2n) is 3.88. The predicted octanol–water partition coefficient (Wildman–Crippen LogP) is 3.65. The van der Waals surface area contributed by atoms with Crippen molar-refractivity contribution in [2.75, 3.05) is 0 Å². The first-order valence-electron chi connectivity index (χ1n) is 5.52. The molecule has 0 aliphatic carbocycles. The van der Waals surface area contributed by atoms with E-state index in [0.717, 1.165) is 23.0 Å². The van der Waals surface area contributed by atoms with Crippen LogP contribution in [0.5, 0.6) is 0 Å². The second-order valence-corrected chi connectivity index (χ2v) is 3.88. The normalized spacial score (nSPS) is 10.8.